The van der Waals surface area contributed by atoms with Crippen molar-refractivity contribution < 1.29 is 9.90 Å². The minimum absolute atomic E-state index is 0.0320. The van der Waals surface area contributed by atoms with E-state index in [0.717, 1.165) is 18.4 Å². The molecule has 22 heavy (non-hydrogen) atoms. The van der Waals surface area contributed by atoms with E-state index in [2.05, 4.69) is 15.5 Å². The number of amides is 1. The van der Waals surface area contributed by atoms with Gasteiger partial charge in [0, 0.05) is 18.2 Å². The van der Waals surface area contributed by atoms with Gasteiger partial charge in [0.25, 0.3) is 5.91 Å². The van der Waals surface area contributed by atoms with Gasteiger partial charge in [0.05, 0.1) is 10.7 Å². The molecule has 6 heteroatoms. The van der Waals surface area contributed by atoms with Crippen molar-refractivity contribution >= 4 is 17.5 Å². The van der Waals surface area contributed by atoms with Crippen molar-refractivity contribution in [2.75, 3.05) is 6.61 Å². The summed E-state index contributed by atoms with van der Waals surface area (Å²) >= 11 is 6.14. The Morgan fingerprint density at radius 1 is 1.45 bits per heavy atom. The van der Waals surface area contributed by atoms with Crippen LogP contribution in [0.5, 0.6) is 0 Å². The first-order chi connectivity index (χ1) is 10.7. The lowest BCUT2D eigenvalue weighted by molar-refractivity contribution is 0.0919. The highest BCUT2D eigenvalue weighted by atomic mass is 35.5. The summed E-state index contributed by atoms with van der Waals surface area (Å²) in [6.07, 6.45) is 2.81. The molecule has 0 radical (unpaired) electrons. The smallest absolute Gasteiger partial charge is 0.269 e. The fourth-order valence-corrected chi connectivity index (χ4v) is 2.79. The van der Waals surface area contributed by atoms with Gasteiger partial charge in [0.1, 0.15) is 5.69 Å². The molecule has 0 bridgehead atoms. The summed E-state index contributed by atoms with van der Waals surface area (Å²) in [5.41, 5.74) is 1.83. The first kappa shape index (κ1) is 15.1. The Bertz CT molecular complexity index is 667. The van der Waals surface area contributed by atoms with Crippen molar-refractivity contribution in [2.45, 2.75) is 25.3 Å². The molecule has 1 fully saturated rings. The number of carbonyl (C=O) groups excluding carboxylic acids is 1. The molecule has 0 aliphatic heterocycles. The zero-order valence-corrected chi connectivity index (χ0v) is 12.8. The maximum absolute atomic E-state index is 12.3. The number of aliphatic hydroxyl groups excluding tert-OH is 1. The Labute approximate surface area is 133 Å². The molecule has 1 aromatic heterocycles. The van der Waals surface area contributed by atoms with Crippen LogP contribution >= 0.6 is 11.6 Å². The van der Waals surface area contributed by atoms with Crippen molar-refractivity contribution in [1.82, 2.24) is 15.5 Å². The molecule has 1 unspecified atom stereocenters. The third-order valence-corrected chi connectivity index (χ3v) is 4.25. The van der Waals surface area contributed by atoms with E-state index in [1.54, 1.807) is 12.1 Å². The van der Waals surface area contributed by atoms with Gasteiger partial charge in [-0.25, -0.2) is 0 Å². The van der Waals surface area contributed by atoms with Crippen molar-refractivity contribution in [1.29, 1.82) is 0 Å². The van der Waals surface area contributed by atoms with Crippen LogP contribution in [0.2, 0.25) is 5.02 Å². The van der Waals surface area contributed by atoms with E-state index in [1.807, 2.05) is 18.2 Å². The molecular weight excluding hydrogens is 302 g/mol. The van der Waals surface area contributed by atoms with E-state index in [4.69, 9.17) is 16.7 Å². The first-order valence-electron chi connectivity index (χ1n) is 7.41. The number of halogens is 1. The number of hydrogen-bond acceptors (Lipinski definition) is 3. The van der Waals surface area contributed by atoms with E-state index in [9.17, 15) is 4.79 Å². The van der Waals surface area contributed by atoms with Gasteiger partial charge in [-0.15, -0.1) is 0 Å². The third-order valence-electron chi connectivity index (χ3n) is 3.92. The van der Waals surface area contributed by atoms with E-state index in [0.29, 0.717) is 28.7 Å². The molecule has 1 aromatic carbocycles. The van der Waals surface area contributed by atoms with Crippen LogP contribution in [0.1, 0.15) is 29.8 Å². The topological polar surface area (TPSA) is 78.0 Å². The average molecular weight is 320 g/mol. The fourth-order valence-electron chi connectivity index (χ4n) is 2.55. The number of nitrogens with zero attached hydrogens (tertiary/aromatic N) is 1. The standard InChI is InChI=1S/C16H18ClN3O2/c17-12-4-2-1-3-11(12)14-9-15(20-19-14)16(22)18-13(7-8-21)10-5-6-10/h1-4,9-10,13,21H,5-8H2,(H,18,22)(H,19,20). The van der Waals surface area contributed by atoms with Gasteiger partial charge in [0.2, 0.25) is 0 Å². The SMILES string of the molecule is O=C(NC(CCO)C1CC1)c1cc(-c2ccccc2Cl)n[nH]1. The fraction of sp³-hybridized carbons (Fsp3) is 0.375. The third kappa shape index (κ3) is 3.31. The molecule has 5 nitrogen and oxygen atoms in total. The number of hydrogen-bond donors (Lipinski definition) is 3. The van der Waals surface area contributed by atoms with Gasteiger partial charge < -0.3 is 10.4 Å². The van der Waals surface area contributed by atoms with Gasteiger partial charge >= 0.3 is 0 Å². The van der Waals surface area contributed by atoms with Crippen LogP contribution in [0.4, 0.5) is 0 Å². The lowest BCUT2D eigenvalue weighted by Crippen LogP contribution is -2.37. The molecule has 116 valence electrons. The lowest BCUT2D eigenvalue weighted by atomic mass is 10.1. The quantitative estimate of drug-likeness (QED) is 0.766. The second-order valence-corrected chi connectivity index (χ2v) is 5.98. The van der Waals surface area contributed by atoms with E-state index < -0.39 is 0 Å². The first-order valence-corrected chi connectivity index (χ1v) is 7.79. The lowest BCUT2D eigenvalue weighted by Gasteiger charge is -2.16. The number of aliphatic hydroxyl groups is 1. The van der Waals surface area contributed by atoms with E-state index in [1.165, 1.54) is 0 Å². The van der Waals surface area contributed by atoms with Crippen molar-refractivity contribution in [2.24, 2.45) is 5.92 Å². The number of benzene rings is 1. The molecule has 1 aliphatic rings. The number of nitrogens with one attached hydrogen (secondary N) is 2. The largest absolute Gasteiger partial charge is 0.396 e. The second-order valence-electron chi connectivity index (χ2n) is 5.58. The molecular formula is C16H18ClN3O2. The van der Waals surface area contributed by atoms with Crippen LogP contribution < -0.4 is 5.32 Å². The molecule has 2 aromatic rings. The highest BCUT2D eigenvalue weighted by Gasteiger charge is 2.32. The summed E-state index contributed by atoms with van der Waals surface area (Å²) in [7, 11) is 0. The summed E-state index contributed by atoms with van der Waals surface area (Å²) in [6.45, 7) is 0.0787. The molecule has 1 heterocycles. The molecule has 1 aliphatic carbocycles. The van der Waals surface area contributed by atoms with Crippen LogP contribution in [0.15, 0.2) is 30.3 Å². The zero-order chi connectivity index (χ0) is 15.5. The molecule has 1 saturated carbocycles. The van der Waals surface area contributed by atoms with Crippen LogP contribution in [0.3, 0.4) is 0 Å². The Morgan fingerprint density at radius 2 is 2.23 bits per heavy atom. The highest BCUT2D eigenvalue weighted by molar-refractivity contribution is 6.33. The van der Waals surface area contributed by atoms with Gasteiger partial charge in [-0.1, -0.05) is 29.8 Å². The molecule has 3 N–H and O–H groups in total. The van der Waals surface area contributed by atoms with Gasteiger partial charge in [-0.3, -0.25) is 9.89 Å². The Balaban J connectivity index is 1.73. The molecule has 3 rings (SSSR count). The van der Waals surface area contributed by atoms with Crippen LogP contribution in [0, 0.1) is 5.92 Å². The summed E-state index contributed by atoms with van der Waals surface area (Å²) in [4.78, 5) is 12.3. The molecule has 0 saturated heterocycles. The maximum atomic E-state index is 12.3. The van der Waals surface area contributed by atoms with E-state index >= 15 is 0 Å². The van der Waals surface area contributed by atoms with E-state index in [-0.39, 0.29) is 18.6 Å². The van der Waals surface area contributed by atoms with Gasteiger partial charge in [-0.2, -0.15) is 5.10 Å². The number of aromatic amines is 1. The summed E-state index contributed by atoms with van der Waals surface area (Å²) < 4.78 is 0. The normalized spacial score (nSPS) is 15.5. The summed E-state index contributed by atoms with van der Waals surface area (Å²) in [6, 6.07) is 9.10. The van der Waals surface area contributed by atoms with Crippen LogP contribution in [-0.2, 0) is 0 Å². The van der Waals surface area contributed by atoms with Crippen molar-refractivity contribution in [3.8, 4) is 11.3 Å². The van der Waals surface area contributed by atoms with Crippen LogP contribution in [-0.4, -0.2) is 33.9 Å². The molecule has 1 amide bonds. The monoisotopic (exact) mass is 319 g/mol. The predicted molar refractivity (Wildman–Crippen MR) is 84.7 cm³/mol. The zero-order valence-electron chi connectivity index (χ0n) is 12.1. The van der Waals surface area contributed by atoms with Gasteiger partial charge in [-0.05, 0) is 37.3 Å². The highest BCUT2D eigenvalue weighted by Crippen LogP contribution is 2.34. The minimum atomic E-state index is -0.198. The number of aromatic nitrogens is 2. The predicted octanol–water partition coefficient (Wildman–Crippen LogP) is 2.62. The van der Waals surface area contributed by atoms with Crippen LogP contribution in [0.25, 0.3) is 11.3 Å². The number of H-pyrrole nitrogens is 1. The van der Waals surface area contributed by atoms with Crippen molar-refractivity contribution in [3.63, 3.8) is 0 Å². The maximum Gasteiger partial charge on any atom is 0.269 e. The number of rotatable bonds is 6. The number of carbonyl (C=O) groups is 1. The molecule has 1 atom stereocenters. The average Bonchev–Trinajstić information content (AvgIpc) is 3.24. The Hall–Kier alpha value is -1.85. The second kappa shape index (κ2) is 6.50. The van der Waals surface area contributed by atoms with Crippen molar-refractivity contribution in [3.05, 3.63) is 41.0 Å². The van der Waals surface area contributed by atoms with Gasteiger partial charge in [0.15, 0.2) is 0 Å². The Morgan fingerprint density at radius 3 is 2.91 bits per heavy atom. The summed E-state index contributed by atoms with van der Waals surface area (Å²) in [5, 5.41) is 19.6. The minimum Gasteiger partial charge on any atom is -0.396 e. The summed E-state index contributed by atoms with van der Waals surface area (Å²) in [5.74, 6) is 0.290. The molecule has 0 spiro atoms. The Kier molecular flexibility index (Phi) is 4.45.